The van der Waals surface area contributed by atoms with Crippen LogP contribution in [0.15, 0.2) is 42.7 Å². The summed E-state index contributed by atoms with van der Waals surface area (Å²) in [6, 6.07) is 3.42. The van der Waals surface area contributed by atoms with Crippen molar-refractivity contribution in [3.05, 3.63) is 58.4 Å². The van der Waals surface area contributed by atoms with Crippen molar-refractivity contribution in [1.82, 2.24) is 4.90 Å². The molecule has 2 heterocycles. The molecule has 9 nitrogen and oxygen atoms in total. The van der Waals surface area contributed by atoms with E-state index in [2.05, 4.69) is 6.58 Å². The summed E-state index contributed by atoms with van der Waals surface area (Å²) in [5, 5.41) is 11.3. The molecular weight excluding hydrogens is 392 g/mol. The summed E-state index contributed by atoms with van der Waals surface area (Å²) in [5.41, 5.74) is -0.721. The molecule has 160 valence electrons. The van der Waals surface area contributed by atoms with Crippen molar-refractivity contribution >= 4 is 17.6 Å². The molecule has 0 spiro atoms. The summed E-state index contributed by atoms with van der Waals surface area (Å²) in [6.45, 7) is 8.92. The van der Waals surface area contributed by atoms with Crippen LogP contribution >= 0.6 is 0 Å². The Hall–Kier alpha value is -3.36. The molecule has 3 rings (SSSR count). The number of carbonyl (C=O) groups excluding carboxylic acids is 2. The van der Waals surface area contributed by atoms with Crippen LogP contribution in [0.4, 0.5) is 5.69 Å². The largest absolute Gasteiger partial charge is 0.496 e. The highest BCUT2D eigenvalue weighted by atomic mass is 16.6. The predicted octanol–water partition coefficient (Wildman–Crippen LogP) is 3.06. The highest BCUT2D eigenvalue weighted by molar-refractivity contribution is 5.91. The topological polar surface area (TPSA) is 108 Å². The fraction of sp³-hybridized carbons (Fsp3) is 0.429. The number of amides is 1. The van der Waals surface area contributed by atoms with E-state index in [1.54, 1.807) is 19.9 Å². The van der Waals surface area contributed by atoms with E-state index in [1.807, 2.05) is 0 Å². The molecule has 0 saturated carbocycles. The van der Waals surface area contributed by atoms with Gasteiger partial charge in [0.15, 0.2) is 6.10 Å². The second-order valence-electron chi connectivity index (χ2n) is 7.66. The minimum Gasteiger partial charge on any atom is -0.496 e. The number of fused-ring (bicyclic) bond motifs is 1. The third kappa shape index (κ3) is 4.14. The molecule has 0 unspecified atom stereocenters. The van der Waals surface area contributed by atoms with E-state index in [0.717, 1.165) is 0 Å². The minimum absolute atomic E-state index is 0.148. The maximum absolute atomic E-state index is 12.8. The normalized spacial score (nSPS) is 21.9. The monoisotopic (exact) mass is 416 g/mol. The molecule has 2 aliphatic heterocycles. The van der Waals surface area contributed by atoms with Gasteiger partial charge in [-0.25, -0.2) is 0 Å². The van der Waals surface area contributed by atoms with Crippen LogP contribution in [0.1, 0.15) is 38.8 Å². The number of rotatable bonds is 7. The van der Waals surface area contributed by atoms with Gasteiger partial charge in [-0.2, -0.15) is 0 Å². The van der Waals surface area contributed by atoms with Crippen LogP contribution in [0.2, 0.25) is 0 Å². The first-order valence-corrected chi connectivity index (χ1v) is 9.53. The Kier molecular flexibility index (Phi) is 5.82. The van der Waals surface area contributed by atoms with Crippen LogP contribution in [0.5, 0.6) is 5.75 Å². The second-order valence-corrected chi connectivity index (χ2v) is 7.66. The van der Waals surface area contributed by atoms with Crippen LogP contribution in [0.25, 0.3) is 0 Å². The quantitative estimate of drug-likeness (QED) is 0.221. The zero-order valence-electron chi connectivity index (χ0n) is 17.1. The van der Waals surface area contributed by atoms with E-state index in [0.29, 0.717) is 30.1 Å². The maximum Gasteiger partial charge on any atom is 0.303 e. The Labute approximate surface area is 174 Å². The predicted molar refractivity (Wildman–Crippen MR) is 107 cm³/mol. The molecule has 1 aromatic rings. The third-order valence-electron chi connectivity index (χ3n) is 5.00. The van der Waals surface area contributed by atoms with Crippen molar-refractivity contribution in [2.24, 2.45) is 0 Å². The van der Waals surface area contributed by atoms with Gasteiger partial charge >= 0.3 is 5.97 Å². The number of ether oxygens (including phenoxy) is 3. The standard InChI is InChI=1S/C21H24N2O7/c1-5-6-9-28-15-11-18(25)22(12-15)19-16-10-14(23(26)27)7-8-17(16)30-21(3,4)20(19)29-13(2)24/h5,7-8,10-11,19-20H,1,6,9,12H2,2-4H3/t19-,20+/m1/s1. The lowest BCUT2D eigenvalue weighted by Crippen LogP contribution is -2.55. The number of hydrogen-bond donors (Lipinski definition) is 0. The second kappa shape index (κ2) is 8.17. The molecular formula is C21H24N2O7. The molecule has 9 heteroatoms. The van der Waals surface area contributed by atoms with E-state index < -0.39 is 28.6 Å². The lowest BCUT2D eigenvalue weighted by molar-refractivity contribution is -0.385. The fourth-order valence-corrected chi connectivity index (χ4v) is 3.68. The van der Waals surface area contributed by atoms with E-state index in [9.17, 15) is 19.7 Å². The van der Waals surface area contributed by atoms with Crippen molar-refractivity contribution in [3.8, 4) is 5.75 Å². The summed E-state index contributed by atoms with van der Waals surface area (Å²) in [6.07, 6.45) is 2.84. The van der Waals surface area contributed by atoms with E-state index in [4.69, 9.17) is 14.2 Å². The summed E-state index contributed by atoms with van der Waals surface area (Å²) in [5.74, 6) is -0.00828. The number of benzene rings is 1. The fourth-order valence-electron chi connectivity index (χ4n) is 3.68. The minimum atomic E-state index is -0.980. The first kappa shape index (κ1) is 21.4. The summed E-state index contributed by atoms with van der Waals surface area (Å²) >= 11 is 0. The number of carbonyl (C=O) groups is 2. The van der Waals surface area contributed by atoms with Gasteiger partial charge < -0.3 is 19.1 Å². The van der Waals surface area contributed by atoms with Crippen molar-refractivity contribution in [3.63, 3.8) is 0 Å². The Balaban J connectivity index is 2.03. The molecule has 0 radical (unpaired) electrons. The highest BCUT2D eigenvalue weighted by Gasteiger charge is 2.51. The van der Waals surface area contributed by atoms with Crippen LogP contribution in [0.3, 0.4) is 0 Å². The van der Waals surface area contributed by atoms with Gasteiger partial charge in [-0.3, -0.25) is 19.7 Å². The average Bonchev–Trinajstić information content (AvgIpc) is 3.01. The van der Waals surface area contributed by atoms with E-state index >= 15 is 0 Å². The third-order valence-corrected chi connectivity index (χ3v) is 5.00. The van der Waals surface area contributed by atoms with Gasteiger partial charge in [0.1, 0.15) is 23.2 Å². The van der Waals surface area contributed by atoms with Gasteiger partial charge in [0, 0.05) is 30.7 Å². The molecule has 0 N–H and O–H groups in total. The number of non-ortho nitro benzene ring substituents is 1. The lowest BCUT2D eigenvalue weighted by atomic mass is 9.85. The van der Waals surface area contributed by atoms with E-state index in [1.165, 1.54) is 36.1 Å². The Morgan fingerprint density at radius 3 is 2.83 bits per heavy atom. The number of esters is 1. The first-order chi connectivity index (χ1) is 14.1. The number of nitro groups is 1. The van der Waals surface area contributed by atoms with Gasteiger partial charge in [0.05, 0.1) is 18.1 Å². The van der Waals surface area contributed by atoms with Crippen LogP contribution in [-0.2, 0) is 19.1 Å². The van der Waals surface area contributed by atoms with E-state index in [-0.39, 0.29) is 18.1 Å². The van der Waals surface area contributed by atoms with Gasteiger partial charge in [0.25, 0.3) is 11.6 Å². The van der Waals surface area contributed by atoms with Gasteiger partial charge in [-0.15, -0.1) is 6.58 Å². The van der Waals surface area contributed by atoms with Crippen molar-refractivity contribution in [2.45, 2.75) is 44.9 Å². The molecule has 0 aliphatic carbocycles. The maximum atomic E-state index is 12.8. The number of nitro benzene ring substituents is 1. The van der Waals surface area contributed by atoms with Crippen LogP contribution < -0.4 is 4.74 Å². The summed E-state index contributed by atoms with van der Waals surface area (Å²) in [7, 11) is 0. The average molecular weight is 416 g/mol. The molecule has 0 bridgehead atoms. The zero-order valence-corrected chi connectivity index (χ0v) is 17.1. The van der Waals surface area contributed by atoms with Gasteiger partial charge in [0.2, 0.25) is 0 Å². The molecule has 2 atom stereocenters. The Bertz CT molecular complexity index is 922. The molecule has 30 heavy (non-hydrogen) atoms. The van der Waals surface area contributed by atoms with Crippen LogP contribution in [0, 0.1) is 10.1 Å². The SMILES string of the molecule is C=CCCOC1=CC(=O)N([C@@H]2c3cc([N+](=O)[O-])ccc3OC(C)(C)[C@H]2OC(C)=O)C1. The van der Waals surface area contributed by atoms with Crippen LogP contribution in [-0.4, -0.2) is 46.6 Å². The molecule has 0 fully saturated rings. The van der Waals surface area contributed by atoms with Crippen molar-refractivity contribution < 1.29 is 28.7 Å². The molecule has 1 aromatic carbocycles. The Morgan fingerprint density at radius 1 is 1.47 bits per heavy atom. The first-order valence-electron chi connectivity index (χ1n) is 9.53. The van der Waals surface area contributed by atoms with Crippen molar-refractivity contribution in [2.75, 3.05) is 13.2 Å². The summed E-state index contributed by atoms with van der Waals surface area (Å²) in [4.78, 5) is 36.9. The molecule has 0 saturated heterocycles. The molecule has 2 aliphatic rings. The highest BCUT2D eigenvalue weighted by Crippen LogP contribution is 2.46. The van der Waals surface area contributed by atoms with Gasteiger partial charge in [-0.05, 0) is 26.3 Å². The number of nitrogens with zero attached hydrogens (tertiary/aromatic N) is 2. The number of hydrogen-bond acceptors (Lipinski definition) is 7. The Morgan fingerprint density at radius 2 is 2.20 bits per heavy atom. The molecule has 0 aromatic heterocycles. The van der Waals surface area contributed by atoms with Crippen molar-refractivity contribution in [1.29, 1.82) is 0 Å². The zero-order chi connectivity index (χ0) is 22.1. The van der Waals surface area contributed by atoms with Gasteiger partial charge in [-0.1, -0.05) is 6.08 Å². The molecule has 1 amide bonds. The smallest absolute Gasteiger partial charge is 0.303 e. The summed E-state index contributed by atoms with van der Waals surface area (Å²) < 4.78 is 17.2. The lowest BCUT2D eigenvalue weighted by Gasteiger charge is -2.46.